The fourth-order valence-corrected chi connectivity index (χ4v) is 2.55. The van der Waals surface area contributed by atoms with Crippen LogP contribution < -0.4 is 14.9 Å². The Labute approximate surface area is 174 Å². The molecule has 5 nitrogen and oxygen atoms in total. The average molecular weight is 409 g/mol. The first kappa shape index (κ1) is 20.4. The van der Waals surface area contributed by atoms with Crippen molar-refractivity contribution in [3.05, 3.63) is 94.5 Å². The molecule has 0 aliphatic carbocycles. The van der Waals surface area contributed by atoms with Gasteiger partial charge in [-0.25, -0.2) is 5.43 Å². The van der Waals surface area contributed by atoms with Crippen molar-refractivity contribution in [2.75, 3.05) is 6.61 Å². The van der Waals surface area contributed by atoms with Crippen molar-refractivity contribution < 1.29 is 14.3 Å². The number of nitrogens with zero attached hydrogens (tertiary/aromatic N) is 1. The Balaban J connectivity index is 1.46. The van der Waals surface area contributed by atoms with Gasteiger partial charge in [0.15, 0.2) is 6.61 Å². The maximum Gasteiger partial charge on any atom is 0.277 e. The summed E-state index contributed by atoms with van der Waals surface area (Å²) >= 11 is 5.81. The Kier molecular flexibility index (Phi) is 7.25. The molecule has 0 aliphatic heterocycles. The molecule has 3 rings (SSSR count). The van der Waals surface area contributed by atoms with E-state index in [1.165, 1.54) is 5.56 Å². The van der Waals surface area contributed by atoms with Crippen LogP contribution in [0.1, 0.15) is 16.7 Å². The molecule has 3 aromatic carbocycles. The first-order valence-corrected chi connectivity index (χ1v) is 9.45. The summed E-state index contributed by atoms with van der Waals surface area (Å²) in [4.78, 5) is 11.8. The van der Waals surface area contributed by atoms with Gasteiger partial charge < -0.3 is 9.47 Å². The highest BCUT2D eigenvalue weighted by molar-refractivity contribution is 6.30. The molecule has 0 saturated heterocycles. The Morgan fingerprint density at radius 1 is 1.00 bits per heavy atom. The molecular formula is C23H21ClN2O3. The van der Waals surface area contributed by atoms with Gasteiger partial charge in [0.25, 0.3) is 5.91 Å². The van der Waals surface area contributed by atoms with Crippen molar-refractivity contribution in [3.8, 4) is 11.5 Å². The molecule has 0 radical (unpaired) electrons. The molecule has 0 saturated carbocycles. The second-order valence-corrected chi connectivity index (χ2v) is 6.82. The molecular weight excluding hydrogens is 388 g/mol. The van der Waals surface area contributed by atoms with E-state index in [4.69, 9.17) is 21.1 Å². The van der Waals surface area contributed by atoms with Gasteiger partial charge in [-0.1, -0.05) is 53.6 Å². The fourth-order valence-electron chi connectivity index (χ4n) is 2.43. The van der Waals surface area contributed by atoms with Gasteiger partial charge in [0.1, 0.15) is 18.1 Å². The van der Waals surface area contributed by atoms with Crippen LogP contribution in [0.25, 0.3) is 0 Å². The van der Waals surface area contributed by atoms with Crippen LogP contribution in [0, 0.1) is 6.92 Å². The summed E-state index contributed by atoms with van der Waals surface area (Å²) in [7, 11) is 0. The number of halogens is 1. The van der Waals surface area contributed by atoms with Gasteiger partial charge in [-0.05, 0) is 54.4 Å². The zero-order chi connectivity index (χ0) is 20.5. The fraction of sp³-hybridized carbons (Fsp3) is 0.130. The number of hydrogen-bond acceptors (Lipinski definition) is 4. The van der Waals surface area contributed by atoms with Crippen LogP contribution in [0.15, 0.2) is 77.9 Å². The number of benzene rings is 3. The highest BCUT2D eigenvalue weighted by Gasteiger charge is 2.02. The lowest BCUT2D eigenvalue weighted by Gasteiger charge is -2.07. The quantitative estimate of drug-likeness (QED) is 0.432. The maximum absolute atomic E-state index is 11.8. The minimum Gasteiger partial charge on any atom is -0.489 e. The summed E-state index contributed by atoms with van der Waals surface area (Å²) in [6, 6.07) is 22.5. The first-order chi connectivity index (χ1) is 14.1. The number of carbonyl (C=O) groups excluding carboxylic acids is 1. The first-order valence-electron chi connectivity index (χ1n) is 9.07. The van der Waals surface area contributed by atoms with Crippen LogP contribution in [-0.4, -0.2) is 18.7 Å². The molecule has 148 valence electrons. The highest BCUT2D eigenvalue weighted by Crippen LogP contribution is 2.16. The minimum absolute atomic E-state index is 0.140. The third-order valence-electron chi connectivity index (χ3n) is 3.97. The Morgan fingerprint density at radius 3 is 2.52 bits per heavy atom. The number of amides is 1. The topological polar surface area (TPSA) is 59.9 Å². The van der Waals surface area contributed by atoms with E-state index in [1.54, 1.807) is 30.5 Å². The maximum atomic E-state index is 11.8. The van der Waals surface area contributed by atoms with E-state index >= 15 is 0 Å². The Hall–Kier alpha value is -3.31. The SMILES string of the molecule is Cc1ccc(COc2cccc(/C=N\NC(=O)COc3ccc(Cl)cc3)c2)cc1. The Morgan fingerprint density at radius 2 is 1.76 bits per heavy atom. The predicted octanol–water partition coefficient (Wildman–Crippen LogP) is 4.76. The average Bonchev–Trinajstić information content (AvgIpc) is 2.73. The third kappa shape index (κ3) is 6.97. The molecule has 3 aromatic rings. The van der Waals surface area contributed by atoms with Crippen molar-refractivity contribution in [3.63, 3.8) is 0 Å². The number of ether oxygens (including phenoxy) is 2. The second kappa shape index (κ2) is 10.3. The summed E-state index contributed by atoms with van der Waals surface area (Å²) in [5.41, 5.74) is 5.56. The Bertz CT molecular complexity index is 970. The van der Waals surface area contributed by atoms with E-state index < -0.39 is 0 Å². The van der Waals surface area contributed by atoms with Gasteiger partial charge in [-0.15, -0.1) is 0 Å². The molecule has 29 heavy (non-hydrogen) atoms. The zero-order valence-electron chi connectivity index (χ0n) is 16.0. The van der Waals surface area contributed by atoms with Gasteiger partial charge in [0.05, 0.1) is 6.21 Å². The summed E-state index contributed by atoms with van der Waals surface area (Å²) in [5.74, 6) is 0.932. The number of aryl methyl sites for hydroxylation is 1. The lowest BCUT2D eigenvalue weighted by molar-refractivity contribution is -0.123. The van der Waals surface area contributed by atoms with Crippen molar-refractivity contribution in [1.82, 2.24) is 5.43 Å². The lowest BCUT2D eigenvalue weighted by Crippen LogP contribution is -2.24. The largest absolute Gasteiger partial charge is 0.489 e. The standard InChI is InChI=1S/C23H21ClN2O3/c1-17-5-7-18(8-6-17)15-28-22-4-2-3-19(13-22)14-25-26-23(27)16-29-21-11-9-20(24)10-12-21/h2-14H,15-16H2,1H3,(H,26,27)/b25-14-. The van der Waals surface area contributed by atoms with E-state index in [9.17, 15) is 4.79 Å². The van der Waals surface area contributed by atoms with E-state index in [-0.39, 0.29) is 12.5 Å². The highest BCUT2D eigenvalue weighted by atomic mass is 35.5. The van der Waals surface area contributed by atoms with Crippen LogP contribution in [0.4, 0.5) is 0 Å². The molecule has 0 aromatic heterocycles. The van der Waals surface area contributed by atoms with Crippen molar-refractivity contribution in [2.24, 2.45) is 5.10 Å². The summed E-state index contributed by atoms with van der Waals surface area (Å²) in [6.07, 6.45) is 1.55. The van der Waals surface area contributed by atoms with Gasteiger partial charge in [0, 0.05) is 5.02 Å². The molecule has 1 N–H and O–H groups in total. The lowest BCUT2D eigenvalue weighted by atomic mass is 10.2. The number of rotatable bonds is 8. The van der Waals surface area contributed by atoms with Gasteiger partial charge in [-0.3, -0.25) is 4.79 Å². The van der Waals surface area contributed by atoms with Crippen LogP contribution >= 0.6 is 11.6 Å². The number of carbonyl (C=O) groups is 1. The summed E-state index contributed by atoms with van der Waals surface area (Å²) in [5, 5.41) is 4.56. The van der Waals surface area contributed by atoms with E-state index in [0.717, 1.165) is 16.9 Å². The monoisotopic (exact) mass is 408 g/mol. The molecule has 0 atom stereocenters. The van der Waals surface area contributed by atoms with Crippen LogP contribution in [0.5, 0.6) is 11.5 Å². The van der Waals surface area contributed by atoms with Gasteiger partial charge in [0.2, 0.25) is 0 Å². The second-order valence-electron chi connectivity index (χ2n) is 6.38. The predicted molar refractivity (Wildman–Crippen MR) is 115 cm³/mol. The van der Waals surface area contributed by atoms with Crippen molar-refractivity contribution in [1.29, 1.82) is 0 Å². The molecule has 0 unspecified atom stereocenters. The molecule has 0 aliphatic rings. The number of nitrogens with one attached hydrogen (secondary N) is 1. The molecule has 0 heterocycles. The molecule has 6 heteroatoms. The van der Waals surface area contributed by atoms with E-state index in [2.05, 4.69) is 29.6 Å². The summed E-state index contributed by atoms with van der Waals surface area (Å²) in [6.45, 7) is 2.40. The van der Waals surface area contributed by atoms with E-state index in [1.807, 2.05) is 36.4 Å². The number of hydrazone groups is 1. The van der Waals surface area contributed by atoms with Crippen molar-refractivity contribution in [2.45, 2.75) is 13.5 Å². The zero-order valence-corrected chi connectivity index (χ0v) is 16.7. The molecule has 0 fully saturated rings. The minimum atomic E-state index is -0.358. The molecule has 0 spiro atoms. The van der Waals surface area contributed by atoms with Gasteiger partial charge in [-0.2, -0.15) is 5.10 Å². The smallest absolute Gasteiger partial charge is 0.277 e. The van der Waals surface area contributed by atoms with Crippen molar-refractivity contribution >= 4 is 23.7 Å². The van der Waals surface area contributed by atoms with Gasteiger partial charge >= 0.3 is 0 Å². The number of hydrogen-bond donors (Lipinski definition) is 1. The van der Waals surface area contributed by atoms with E-state index in [0.29, 0.717) is 17.4 Å². The van der Waals surface area contributed by atoms with Crippen LogP contribution in [-0.2, 0) is 11.4 Å². The molecule has 0 bridgehead atoms. The normalized spacial score (nSPS) is 10.7. The van der Waals surface area contributed by atoms with Crippen LogP contribution in [0.3, 0.4) is 0 Å². The summed E-state index contributed by atoms with van der Waals surface area (Å²) < 4.78 is 11.2. The third-order valence-corrected chi connectivity index (χ3v) is 4.22. The molecule has 1 amide bonds. The van der Waals surface area contributed by atoms with Crippen LogP contribution in [0.2, 0.25) is 5.02 Å².